The summed E-state index contributed by atoms with van der Waals surface area (Å²) >= 11 is -0.901. The van der Waals surface area contributed by atoms with Gasteiger partial charge in [0, 0.05) is 35.6 Å². The zero-order valence-electron chi connectivity index (χ0n) is 18.1. The molecule has 2 N–H and O–H groups in total. The Morgan fingerprint density at radius 1 is 1.15 bits per heavy atom. The lowest BCUT2D eigenvalue weighted by atomic mass is 10.0. The van der Waals surface area contributed by atoms with Crippen molar-refractivity contribution in [1.29, 1.82) is 0 Å². The van der Waals surface area contributed by atoms with Crippen molar-refractivity contribution in [2.75, 3.05) is 29.3 Å². The minimum absolute atomic E-state index is 0.197. The summed E-state index contributed by atoms with van der Waals surface area (Å²) in [5.41, 5.74) is 1.24. The first kappa shape index (κ1) is 23.2. The lowest BCUT2D eigenvalue weighted by Gasteiger charge is -2.37. The second-order valence-electron chi connectivity index (χ2n) is 7.58. The number of carbonyl (C=O) groups excluding carboxylic acids is 2. The van der Waals surface area contributed by atoms with Crippen molar-refractivity contribution in [1.82, 2.24) is 4.90 Å². The first-order valence-corrected chi connectivity index (χ1v) is 12.6. The number of rotatable bonds is 6. The molecule has 2 amide bonds. The lowest BCUT2D eigenvalue weighted by Crippen LogP contribution is -2.47. The molecular formula is C23H25N3O5S2. The molecule has 1 aliphatic rings. The monoisotopic (exact) mass is 487 g/mol. The number of benzene rings is 2. The summed E-state index contributed by atoms with van der Waals surface area (Å²) in [6.07, 6.45) is 0.719. The summed E-state index contributed by atoms with van der Waals surface area (Å²) in [5.74, 6) is -0.197. The largest absolute Gasteiger partial charge is 0.450 e. The highest BCUT2D eigenvalue weighted by molar-refractivity contribution is 7.80. The van der Waals surface area contributed by atoms with Crippen LogP contribution in [0.4, 0.5) is 16.2 Å². The molecule has 2 heterocycles. The standard InChI is InChI=1S/C23H25N3O5S2/c1-2-31-23(28)25-13-11-16(12-14-25)26(33(29)30)20-9-4-6-17-18(20)7-3-8-19(17)24-22(27)21-10-5-15-32-21/h3-10,15-16H,2,11-14H2,1H3,(H,24,27)(H,29,30). The van der Waals surface area contributed by atoms with Crippen LogP contribution in [0.25, 0.3) is 10.8 Å². The fourth-order valence-electron chi connectivity index (χ4n) is 4.09. The quantitative estimate of drug-likeness (QED) is 0.490. The third kappa shape index (κ3) is 5.02. The Kier molecular flexibility index (Phi) is 7.26. The topological polar surface area (TPSA) is 99.2 Å². The second kappa shape index (κ2) is 10.3. The highest BCUT2D eigenvalue weighted by atomic mass is 32.2. The van der Waals surface area contributed by atoms with Crippen LogP contribution in [0.2, 0.25) is 0 Å². The number of anilines is 2. The van der Waals surface area contributed by atoms with Gasteiger partial charge in [-0.3, -0.25) is 13.7 Å². The summed E-state index contributed by atoms with van der Waals surface area (Å²) in [6.45, 7) is 2.97. The van der Waals surface area contributed by atoms with Crippen molar-refractivity contribution in [3.63, 3.8) is 0 Å². The van der Waals surface area contributed by atoms with Gasteiger partial charge in [-0.25, -0.2) is 9.00 Å². The minimum atomic E-state index is -2.26. The molecule has 33 heavy (non-hydrogen) atoms. The van der Waals surface area contributed by atoms with Crippen LogP contribution in [0.3, 0.4) is 0 Å². The lowest BCUT2D eigenvalue weighted by molar-refractivity contribution is 0.0975. The van der Waals surface area contributed by atoms with E-state index < -0.39 is 11.3 Å². The van der Waals surface area contributed by atoms with Gasteiger partial charge in [0.05, 0.1) is 17.2 Å². The fourth-order valence-corrected chi connectivity index (χ4v) is 5.50. The van der Waals surface area contributed by atoms with Crippen molar-refractivity contribution in [2.24, 2.45) is 0 Å². The molecule has 1 aromatic heterocycles. The number of fused-ring (bicyclic) bond motifs is 1. The molecule has 174 valence electrons. The first-order chi connectivity index (χ1) is 16.0. The molecule has 0 saturated carbocycles. The molecule has 0 radical (unpaired) electrons. The Balaban J connectivity index is 1.61. The predicted octanol–water partition coefficient (Wildman–Crippen LogP) is 4.72. The van der Waals surface area contributed by atoms with Crippen LogP contribution in [0.1, 0.15) is 29.4 Å². The number of nitrogens with one attached hydrogen (secondary N) is 1. The van der Waals surface area contributed by atoms with E-state index in [0.717, 1.165) is 10.8 Å². The van der Waals surface area contributed by atoms with Crippen LogP contribution >= 0.6 is 11.3 Å². The van der Waals surface area contributed by atoms with Gasteiger partial charge in [-0.05, 0) is 43.3 Å². The summed E-state index contributed by atoms with van der Waals surface area (Å²) < 4.78 is 29.2. The van der Waals surface area contributed by atoms with E-state index in [1.807, 2.05) is 41.8 Å². The van der Waals surface area contributed by atoms with Gasteiger partial charge in [0.2, 0.25) is 0 Å². The van der Waals surface area contributed by atoms with E-state index in [-0.39, 0.29) is 18.0 Å². The van der Waals surface area contributed by atoms with Crippen molar-refractivity contribution in [3.8, 4) is 0 Å². The molecule has 3 aromatic rings. The van der Waals surface area contributed by atoms with Gasteiger partial charge in [0.25, 0.3) is 17.2 Å². The third-order valence-electron chi connectivity index (χ3n) is 5.62. The number of likely N-dealkylation sites (tertiary alicyclic amines) is 1. The minimum Gasteiger partial charge on any atom is -0.450 e. The van der Waals surface area contributed by atoms with Crippen LogP contribution < -0.4 is 9.62 Å². The number of hydrogen-bond donors (Lipinski definition) is 2. The molecule has 1 fully saturated rings. The molecule has 1 unspecified atom stereocenters. The predicted molar refractivity (Wildman–Crippen MR) is 131 cm³/mol. The maximum Gasteiger partial charge on any atom is 0.409 e. The maximum atomic E-state index is 12.6. The fraction of sp³-hybridized carbons (Fsp3) is 0.304. The summed E-state index contributed by atoms with van der Waals surface area (Å²) in [5, 5.41) is 6.33. The number of thiophene rings is 1. The molecule has 1 saturated heterocycles. The van der Waals surface area contributed by atoms with E-state index in [9.17, 15) is 18.4 Å². The first-order valence-electron chi connectivity index (χ1n) is 10.7. The number of piperidine rings is 1. The molecule has 10 heteroatoms. The normalized spacial score (nSPS) is 15.3. The van der Waals surface area contributed by atoms with Gasteiger partial charge >= 0.3 is 6.09 Å². The Labute approximate surface area is 198 Å². The Morgan fingerprint density at radius 2 is 1.88 bits per heavy atom. The van der Waals surface area contributed by atoms with Gasteiger partial charge in [-0.2, -0.15) is 0 Å². The van der Waals surface area contributed by atoms with Crippen LogP contribution in [-0.2, 0) is 16.0 Å². The van der Waals surface area contributed by atoms with Crippen LogP contribution in [0.5, 0.6) is 0 Å². The van der Waals surface area contributed by atoms with E-state index in [4.69, 9.17) is 4.74 Å². The van der Waals surface area contributed by atoms with Crippen LogP contribution in [0.15, 0.2) is 53.9 Å². The number of amides is 2. The summed E-state index contributed by atoms with van der Waals surface area (Å²) in [6, 6.07) is 14.4. The summed E-state index contributed by atoms with van der Waals surface area (Å²) in [4.78, 5) is 26.8. The Hall–Kier alpha value is -2.95. The van der Waals surface area contributed by atoms with Gasteiger partial charge in [-0.1, -0.05) is 30.3 Å². The molecule has 0 aliphatic carbocycles. The molecule has 2 aromatic carbocycles. The SMILES string of the molecule is CCOC(=O)N1CCC(N(c2cccc3c(NC(=O)c4cccs4)cccc23)S(=O)O)CC1. The third-order valence-corrected chi connectivity index (χ3v) is 7.32. The van der Waals surface area contributed by atoms with Crippen LogP contribution in [0, 0.1) is 0 Å². The van der Waals surface area contributed by atoms with Crippen molar-refractivity contribution in [3.05, 3.63) is 58.8 Å². The highest BCUT2D eigenvalue weighted by Crippen LogP contribution is 2.35. The Morgan fingerprint density at radius 3 is 2.55 bits per heavy atom. The number of carbonyl (C=O) groups is 2. The summed E-state index contributed by atoms with van der Waals surface area (Å²) in [7, 11) is 0. The van der Waals surface area contributed by atoms with E-state index in [1.165, 1.54) is 15.6 Å². The van der Waals surface area contributed by atoms with Gasteiger partial charge in [0.1, 0.15) is 0 Å². The smallest absolute Gasteiger partial charge is 0.409 e. The van der Waals surface area contributed by atoms with E-state index in [2.05, 4.69) is 5.32 Å². The molecule has 1 aliphatic heterocycles. The molecule has 0 bridgehead atoms. The number of nitrogens with zero attached hydrogens (tertiary/aromatic N) is 2. The van der Waals surface area contributed by atoms with E-state index >= 15 is 0 Å². The van der Waals surface area contributed by atoms with Crippen molar-refractivity contribution < 1.29 is 23.1 Å². The molecular weight excluding hydrogens is 462 g/mol. The molecule has 0 spiro atoms. The molecule has 8 nitrogen and oxygen atoms in total. The molecule has 4 rings (SSSR count). The Bertz CT molecular complexity index is 1160. The maximum absolute atomic E-state index is 12.6. The van der Waals surface area contributed by atoms with Gasteiger partial charge in [0.15, 0.2) is 0 Å². The van der Waals surface area contributed by atoms with E-state index in [0.29, 0.717) is 48.8 Å². The second-order valence-corrected chi connectivity index (χ2v) is 9.39. The van der Waals surface area contributed by atoms with Crippen LogP contribution in [-0.4, -0.2) is 51.4 Å². The molecule has 1 atom stereocenters. The average Bonchev–Trinajstić information content (AvgIpc) is 3.35. The van der Waals surface area contributed by atoms with E-state index in [1.54, 1.807) is 24.0 Å². The number of ether oxygens (including phenoxy) is 1. The zero-order chi connectivity index (χ0) is 23.4. The van der Waals surface area contributed by atoms with Gasteiger partial charge < -0.3 is 15.0 Å². The van der Waals surface area contributed by atoms with Crippen molar-refractivity contribution in [2.45, 2.75) is 25.8 Å². The average molecular weight is 488 g/mol. The zero-order valence-corrected chi connectivity index (χ0v) is 19.7. The van der Waals surface area contributed by atoms with Crippen molar-refractivity contribution >= 4 is 56.8 Å². The highest BCUT2D eigenvalue weighted by Gasteiger charge is 2.31. The number of hydrogen-bond acceptors (Lipinski definition) is 5. The van der Waals surface area contributed by atoms with Gasteiger partial charge in [-0.15, -0.1) is 11.3 Å².